The molecule has 2 aromatic carbocycles. The van der Waals surface area contributed by atoms with Gasteiger partial charge in [0.05, 0.1) is 23.0 Å². The minimum atomic E-state index is -0.267. The van der Waals surface area contributed by atoms with Crippen LogP contribution in [0.3, 0.4) is 0 Å². The van der Waals surface area contributed by atoms with Crippen molar-refractivity contribution in [1.29, 1.82) is 0 Å². The van der Waals surface area contributed by atoms with Crippen molar-refractivity contribution in [2.75, 3.05) is 0 Å². The lowest BCUT2D eigenvalue weighted by molar-refractivity contribution is 0.0954. The molecule has 5 heteroatoms. The number of pyridine rings is 1. The molecule has 134 valence electrons. The minimum Gasteiger partial charge on any atom is -0.358 e. The maximum atomic E-state index is 12.6. The van der Waals surface area contributed by atoms with Gasteiger partial charge in [0.1, 0.15) is 0 Å². The van der Waals surface area contributed by atoms with E-state index in [2.05, 4.69) is 20.5 Å². The first-order valence-corrected chi connectivity index (χ1v) is 8.82. The molecule has 0 spiro atoms. The van der Waals surface area contributed by atoms with E-state index in [9.17, 15) is 4.79 Å². The number of hydrogen-bond acceptors (Lipinski definition) is 3. The Balaban J connectivity index is 1.61. The van der Waals surface area contributed by atoms with Gasteiger partial charge in [0, 0.05) is 27.5 Å². The van der Waals surface area contributed by atoms with E-state index in [1.165, 1.54) is 0 Å². The summed E-state index contributed by atoms with van der Waals surface area (Å²) in [6, 6.07) is 15.8. The van der Waals surface area contributed by atoms with Crippen LogP contribution in [-0.2, 0) is 0 Å². The Kier molecular flexibility index (Phi) is 4.20. The van der Waals surface area contributed by atoms with Crippen molar-refractivity contribution >= 4 is 33.9 Å². The monoisotopic (exact) mass is 356 g/mol. The highest BCUT2D eigenvalue weighted by atomic mass is 16.2. The number of nitrogens with one attached hydrogen (secondary N) is 2. The Labute approximate surface area is 157 Å². The van der Waals surface area contributed by atoms with Crippen LogP contribution >= 0.6 is 0 Å². The van der Waals surface area contributed by atoms with E-state index in [4.69, 9.17) is 0 Å². The number of hydrogen-bond donors (Lipinski definition) is 2. The number of benzene rings is 2. The molecule has 0 atom stereocenters. The molecule has 0 radical (unpaired) electrons. The molecule has 27 heavy (non-hydrogen) atoms. The molecule has 0 aliphatic rings. The Hall–Kier alpha value is -3.47. The van der Waals surface area contributed by atoms with Crippen LogP contribution in [-0.4, -0.2) is 22.1 Å². The zero-order valence-corrected chi connectivity index (χ0v) is 15.5. The van der Waals surface area contributed by atoms with Crippen LogP contribution in [0.25, 0.3) is 21.8 Å². The molecule has 0 unspecified atom stereocenters. The van der Waals surface area contributed by atoms with Gasteiger partial charge in [-0.15, -0.1) is 0 Å². The number of hydrazone groups is 1. The van der Waals surface area contributed by atoms with Crippen molar-refractivity contribution in [3.63, 3.8) is 0 Å². The summed E-state index contributed by atoms with van der Waals surface area (Å²) in [5.74, 6) is -0.267. The van der Waals surface area contributed by atoms with Crippen LogP contribution in [0, 0.1) is 20.8 Å². The van der Waals surface area contributed by atoms with Crippen LogP contribution < -0.4 is 5.43 Å². The summed E-state index contributed by atoms with van der Waals surface area (Å²) in [5.41, 5.74) is 8.88. The zero-order valence-electron chi connectivity index (χ0n) is 15.5. The quantitative estimate of drug-likeness (QED) is 0.422. The van der Waals surface area contributed by atoms with Crippen LogP contribution in [0.15, 0.2) is 53.6 Å². The number of H-pyrrole nitrogens is 1. The van der Waals surface area contributed by atoms with Gasteiger partial charge in [0.2, 0.25) is 0 Å². The first-order valence-electron chi connectivity index (χ1n) is 8.82. The summed E-state index contributed by atoms with van der Waals surface area (Å²) in [6.45, 7) is 5.85. The van der Waals surface area contributed by atoms with Gasteiger partial charge in [-0.1, -0.05) is 36.4 Å². The van der Waals surface area contributed by atoms with E-state index in [1.54, 1.807) is 6.21 Å². The molecule has 0 saturated carbocycles. The van der Waals surface area contributed by atoms with Gasteiger partial charge >= 0.3 is 0 Å². The van der Waals surface area contributed by atoms with Gasteiger partial charge in [-0.05, 0) is 38.5 Å². The van der Waals surface area contributed by atoms with E-state index in [1.807, 2.05) is 69.3 Å². The lowest BCUT2D eigenvalue weighted by Crippen LogP contribution is -2.19. The molecule has 2 aromatic heterocycles. The predicted octanol–water partition coefficient (Wildman–Crippen LogP) is 4.41. The molecule has 1 amide bonds. The zero-order chi connectivity index (χ0) is 19.0. The van der Waals surface area contributed by atoms with Gasteiger partial charge in [0.25, 0.3) is 5.91 Å². The standard InChI is InChI=1S/C22H20N4O/c1-13-7-6-8-16-11-18(14(2)25-21(13)16)22(27)26-23-12-19-15(3)24-20-10-5-4-9-17(19)20/h4-12,24H,1-3H3,(H,26,27)/b23-12-. The molecule has 5 nitrogen and oxygen atoms in total. The molecule has 0 aliphatic heterocycles. The summed E-state index contributed by atoms with van der Waals surface area (Å²) < 4.78 is 0. The highest BCUT2D eigenvalue weighted by Gasteiger charge is 2.12. The third-order valence-corrected chi connectivity index (χ3v) is 4.79. The largest absolute Gasteiger partial charge is 0.358 e. The van der Waals surface area contributed by atoms with Crippen molar-refractivity contribution in [2.24, 2.45) is 5.10 Å². The van der Waals surface area contributed by atoms with Crippen molar-refractivity contribution in [2.45, 2.75) is 20.8 Å². The Morgan fingerprint density at radius 3 is 2.78 bits per heavy atom. The number of carbonyl (C=O) groups excluding carboxylic acids is 1. The lowest BCUT2D eigenvalue weighted by Gasteiger charge is -2.07. The summed E-state index contributed by atoms with van der Waals surface area (Å²) >= 11 is 0. The van der Waals surface area contributed by atoms with Crippen LogP contribution in [0.2, 0.25) is 0 Å². The van der Waals surface area contributed by atoms with Gasteiger partial charge in [-0.25, -0.2) is 5.43 Å². The lowest BCUT2D eigenvalue weighted by atomic mass is 10.1. The van der Waals surface area contributed by atoms with E-state index in [0.717, 1.165) is 38.6 Å². The average Bonchev–Trinajstić information content (AvgIpc) is 2.97. The van der Waals surface area contributed by atoms with Crippen molar-refractivity contribution < 1.29 is 4.79 Å². The second kappa shape index (κ2) is 6.68. The third-order valence-electron chi connectivity index (χ3n) is 4.79. The van der Waals surface area contributed by atoms with Crippen LogP contribution in [0.5, 0.6) is 0 Å². The van der Waals surface area contributed by atoms with Crippen molar-refractivity contribution in [3.8, 4) is 0 Å². The summed E-state index contributed by atoms with van der Waals surface area (Å²) in [7, 11) is 0. The number of nitrogens with zero attached hydrogens (tertiary/aromatic N) is 2. The number of carbonyl (C=O) groups is 1. The maximum Gasteiger partial charge on any atom is 0.273 e. The number of amides is 1. The highest BCUT2D eigenvalue weighted by Crippen LogP contribution is 2.21. The fourth-order valence-corrected chi connectivity index (χ4v) is 3.35. The molecule has 4 rings (SSSR count). The van der Waals surface area contributed by atoms with Crippen LogP contribution in [0.1, 0.15) is 32.9 Å². The Morgan fingerprint density at radius 2 is 1.93 bits per heavy atom. The SMILES string of the molecule is Cc1nc2c(C)cccc2cc1C(=O)N/N=C\c1c(C)[nH]c2ccccc12. The smallest absolute Gasteiger partial charge is 0.273 e. The second-order valence-corrected chi connectivity index (χ2v) is 6.68. The van der Waals surface area contributed by atoms with Gasteiger partial charge in [-0.3, -0.25) is 9.78 Å². The summed E-state index contributed by atoms with van der Waals surface area (Å²) in [5, 5.41) is 6.19. The molecule has 0 aliphatic carbocycles. The number of aromatic nitrogens is 2. The fourth-order valence-electron chi connectivity index (χ4n) is 3.35. The van der Waals surface area contributed by atoms with E-state index < -0.39 is 0 Å². The van der Waals surface area contributed by atoms with Gasteiger partial charge < -0.3 is 4.98 Å². The van der Waals surface area contributed by atoms with E-state index in [0.29, 0.717) is 11.3 Å². The highest BCUT2D eigenvalue weighted by molar-refractivity contribution is 6.02. The molecular weight excluding hydrogens is 336 g/mol. The second-order valence-electron chi connectivity index (χ2n) is 6.68. The predicted molar refractivity (Wildman–Crippen MR) is 109 cm³/mol. The molecular formula is C22H20N4O. The number of aryl methyl sites for hydroxylation is 3. The molecule has 2 heterocycles. The van der Waals surface area contributed by atoms with Crippen molar-refractivity contribution in [1.82, 2.24) is 15.4 Å². The first-order chi connectivity index (χ1) is 13.0. The average molecular weight is 356 g/mol. The Morgan fingerprint density at radius 1 is 1.11 bits per heavy atom. The van der Waals surface area contributed by atoms with Crippen LogP contribution in [0.4, 0.5) is 0 Å². The Bertz CT molecular complexity index is 1200. The van der Waals surface area contributed by atoms with E-state index in [-0.39, 0.29) is 5.91 Å². The minimum absolute atomic E-state index is 0.267. The normalized spacial score (nSPS) is 11.5. The first kappa shape index (κ1) is 17.0. The molecule has 0 fully saturated rings. The maximum absolute atomic E-state index is 12.6. The molecule has 0 bridgehead atoms. The number of fused-ring (bicyclic) bond motifs is 2. The summed E-state index contributed by atoms with van der Waals surface area (Å²) in [4.78, 5) is 20.5. The van der Waals surface area contributed by atoms with Gasteiger partial charge in [-0.2, -0.15) is 5.10 Å². The molecule has 0 saturated heterocycles. The third kappa shape index (κ3) is 3.08. The van der Waals surface area contributed by atoms with Crippen molar-refractivity contribution in [3.05, 3.63) is 76.6 Å². The molecule has 2 N–H and O–H groups in total. The fraction of sp³-hybridized carbons (Fsp3) is 0.136. The van der Waals surface area contributed by atoms with Gasteiger partial charge in [0.15, 0.2) is 0 Å². The molecule has 4 aromatic rings. The number of rotatable bonds is 3. The number of para-hydroxylation sites is 2. The van der Waals surface area contributed by atoms with E-state index >= 15 is 0 Å². The number of aromatic amines is 1. The summed E-state index contributed by atoms with van der Waals surface area (Å²) in [6.07, 6.45) is 1.68. The topological polar surface area (TPSA) is 70.1 Å².